The van der Waals surface area contributed by atoms with Crippen LogP contribution < -0.4 is 10.6 Å². The third-order valence-corrected chi connectivity index (χ3v) is 7.61. The minimum atomic E-state index is -0.377. The number of rotatable bonds is 8. The molecule has 1 atom stereocenters. The zero-order chi connectivity index (χ0) is 24.1. The van der Waals surface area contributed by atoms with Gasteiger partial charge in [0.2, 0.25) is 5.91 Å². The molecule has 0 fully saturated rings. The Morgan fingerprint density at radius 2 is 2.06 bits per heavy atom. The van der Waals surface area contributed by atoms with Crippen LogP contribution in [0.5, 0.6) is 0 Å². The average Bonchev–Trinajstić information content (AvgIpc) is 3.46. The van der Waals surface area contributed by atoms with Gasteiger partial charge in [-0.3, -0.25) is 9.59 Å². The van der Waals surface area contributed by atoms with Gasteiger partial charge in [0, 0.05) is 15.5 Å². The van der Waals surface area contributed by atoms with E-state index in [1.807, 2.05) is 12.1 Å². The van der Waals surface area contributed by atoms with E-state index in [2.05, 4.69) is 17.6 Å². The predicted octanol–water partition coefficient (Wildman–Crippen LogP) is 5.63. The third-order valence-electron chi connectivity index (χ3n) is 5.45. The summed E-state index contributed by atoms with van der Waals surface area (Å²) in [6, 6.07) is 10.5. The van der Waals surface area contributed by atoms with Gasteiger partial charge in [0.05, 0.1) is 24.2 Å². The summed E-state index contributed by atoms with van der Waals surface area (Å²) in [4.78, 5) is 39.6. The lowest BCUT2D eigenvalue weighted by Gasteiger charge is -2.18. The summed E-state index contributed by atoms with van der Waals surface area (Å²) in [5, 5.41) is 6.28. The molecule has 1 aliphatic rings. The summed E-state index contributed by atoms with van der Waals surface area (Å²) in [7, 11) is 0. The van der Waals surface area contributed by atoms with E-state index < -0.39 is 0 Å². The number of thioether (sulfide) groups is 1. The Labute approximate surface area is 206 Å². The fourth-order valence-corrected chi connectivity index (χ4v) is 6.00. The number of anilines is 2. The van der Waals surface area contributed by atoms with Crippen molar-refractivity contribution in [2.75, 3.05) is 23.0 Å². The number of nitrogens with one attached hydrogen (secondary N) is 2. The van der Waals surface area contributed by atoms with Crippen LogP contribution >= 0.6 is 23.1 Å². The van der Waals surface area contributed by atoms with Crippen LogP contribution in [0.4, 0.5) is 10.7 Å². The third kappa shape index (κ3) is 5.71. The first kappa shape index (κ1) is 24.1. The molecule has 2 aromatic heterocycles. The molecule has 1 unspecified atom stereocenters. The van der Waals surface area contributed by atoms with Crippen molar-refractivity contribution in [3.8, 4) is 0 Å². The van der Waals surface area contributed by atoms with Crippen LogP contribution in [0.2, 0.25) is 0 Å². The highest BCUT2D eigenvalue weighted by Crippen LogP contribution is 2.40. The molecule has 1 aromatic carbocycles. The minimum absolute atomic E-state index is 0.164. The zero-order valence-electron chi connectivity index (χ0n) is 19.0. The first-order valence-corrected chi connectivity index (χ1v) is 12.9. The SMILES string of the molecule is CCOC(=O)c1c(NC(=O)CSc2cccc(NC(=O)c3ccco3)c2)sc2c1CCC(C)C2. The Bertz CT molecular complexity index is 1190. The van der Waals surface area contributed by atoms with Gasteiger partial charge < -0.3 is 19.8 Å². The maximum atomic E-state index is 12.8. The van der Waals surface area contributed by atoms with Crippen LogP contribution in [0.1, 0.15) is 51.6 Å². The average molecular weight is 499 g/mol. The van der Waals surface area contributed by atoms with Crippen LogP contribution in [0.15, 0.2) is 52.0 Å². The molecule has 178 valence electrons. The second-order valence-electron chi connectivity index (χ2n) is 8.07. The summed E-state index contributed by atoms with van der Waals surface area (Å²) in [6.45, 7) is 4.27. The molecule has 0 saturated carbocycles. The smallest absolute Gasteiger partial charge is 0.341 e. The van der Waals surface area contributed by atoms with Crippen LogP contribution in [-0.4, -0.2) is 30.1 Å². The zero-order valence-corrected chi connectivity index (χ0v) is 20.6. The highest BCUT2D eigenvalue weighted by molar-refractivity contribution is 8.00. The monoisotopic (exact) mass is 498 g/mol. The number of amides is 2. The van der Waals surface area contributed by atoms with E-state index in [1.165, 1.54) is 29.4 Å². The maximum Gasteiger partial charge on any atom is 0.341 e. The van der Waals surface area contributed by atoms with Gasteiger partial charge in [-0.05, 0) is 68.0 Å². The summed E-state index contributed by atoms with van der Waals surface area (Å²) in [5.41, 5.74) is 2.13. The minimum Gasteiger partial charge on any atom is -0.462 e. The molecule has 7 nitrogen and oxygen atoms in total. The lowest BCUT2D eigenvalue weighted by molar-refractivity contribution is -0.113. The molecule has 0 aliphatic heterocycles. The Morgan fingerprint density at radius 3 is 2.82 bits per heavy atom. The van der Waals surface area contributed by atoms with E-state index in [-0.39, 0.29) is 35.9 Å². The summed E-state index contributed by atoms with van der Waals surface area (Å²) < 4.78 is 10.4. The number of benzene rings is 1. The van der Waals surface area contributed by atoms with E-state index in [0.717, 1.165) is 34.6 Å². The molecular formula is C25H26N2O5S2. The van der Waals surface area contributed by atoms with Crippen molar-refractivity contribution in [2.24, 2.45) is 5.92 Å². The van der Waals surface area contributed by atoms with Gasteiger partial charge in [0.25, 0.3) is 5.91 Å². The van der Waals surface area contributed by atoms with Crippen molar-refractivity contribution in [3.63, 3.8) is 0 Å². The second kappa shape index (κ2) is 10.9. The second-order valence-corrected chi connectivity index (χ2v) is 10.2. The van der Waals surface area contributed by atoms with E-state index in [1.54, 1.807) is 31.2 Å². The molecule has 2 heterocycles. The van der Waals surface area contributed by atoms with E-state index in [4.69, 9.17) is 9.15 Å². The van der Waals surface area contributed by atoms with Crippen molar-refractivity contribution >= 4 is 51.6 Å². The van der Waals surface area contributed by atoms with Crippen molar-refractivity contribution < 1.29 is 23.5 Å². The van der Waals surface area contributed by atoms with Gasteiger partial charge in [-0.1, -0.05) is 13.0 Å². The van der Waals surface area contributed by atoms with E-state index >= 15 is 0 Å². The first-order valence-electron chi connectivity index (χ1n) is 11.1. The Balaban J connectivity index is 1.41. The largest absolute Gasteiger partial charge is 0.462 e. The van der Waals surface area contributed by atoms with Crippen LogP contribution in [0.3, 0.4) is 0 Å². The molecule has 4 rings (SSSR count). The lowest BCUT2D eigenvalue weighted by atomic mass is 9.88. The Hall–Kier alpha value is -3.04. The number of hydrogen-bond donors (Lipinski definition) is 2. The quantitative estimate of drug-likeness (QED) is 0.309. The van der Waals surface area contributed by atoms with Crippen molar-refractivity contribution in [1.29, 1.82) is 0 Å². The maximum absolute atomic E-state index is 12.8. The van der Waals surface area contributed by atoms with Crippen LogP contribution in [-0.2, 0) is 22.4 Å². The molecule has 1 aliphatic carbocycles. The summed E-state index contributed by atoms with van der Waals surface area (Å²) in [5.74, 6) is 0.0254. The molecule has 0 saturated heterocycles. The molecule has 3 aromatic rings. The normalized spacial score (nSPS) is 14.8. The van der Waals surface area contributed by atoms with Gasteiger partial charge in [0.15, 0.2) is 5.76 Å². The van der Waals surface area contributed by atoms with Gasteiger partial charge in [-0.2, -0.15) is 0 Å². The number of carbonyl (C=O) groups excluding carboxylic acids is 3. The Kier molecular flexibility index (Phi) is 7.74. The van der Waals surface area contributed by atoms with Crippen molar-refractivity contribution in [2.45, 2.75) is 38.0 Å². The number of hydrogen-bond acceptors (Lipinski definition) is 7. The number of carbonyl (C=O) groups is 3. The highest BCUT2D eigenvalue weighted by Gasteiger charge is 2.29. The van der Waals surface area contributed by atoms with Gasteiger partial charge in [-0.25, -0.2) is 4.79 Å². The van der Waals surface area contributed by atoms with Gasteiger partial charge in [0.1, 0.15) is 5.00 Å². The number of fused-ring (bicyclic) bond motifs is 1. The topological polar surface area (TPSA) is 97.6 Å². The molecule has 9 heteroatoms. The predicted molar refractivity (Wildman–Crippen MR) is 134 cm³/mol. The fourth-order valence-electron chi connectivity index (χ4n) is 3.83. The summed E-state index contributed by atoms with van der Waals surface area (Å²) in [6.07, 6.45) is 4.19. The standard InChI is InChI=1S/C25H26N2O5S2/c1-3-31-25(30)22-18-10-9-15(2)12-20(18)34-24(22)27-21(28)14-33-17-7-4-6-16(13-17)26-23(29)19-8-5-11-32-19/h4-8,11,13,15H,3,9-10,12,14H2,1-2H3,(H,26,29)(H,27,28). The number of esters is 1. The number of ether oxygens (including phenoxy) is 1. The van der Waals surface area contributed by atoms with Crippen molar-refractivity contribution in [1.82, 2.24) is 0 Å². The van der Waals surface area contributed by atoms with E-state index in [9.17, 15) is 14.4 Å². The van der Waals surface area contributed by atoms with Crippen LogP contribution in [0, 0.1) is 5.92 Å². The molecule has 0 bridgehead atoms. The number of thiophene rings is 1. The first-order chi connectivity index (χ1) is 16.4. The molecule has 34 heavy (non-hydrogen) atoms. The number of furan rings is 1. The van der Waals surface area contributed by atoms with Crippen molar-refractivity contribution in [3.05, 3.63) is 64.4 Å². The molecular weight excluding hydrogens is 472 g/mol. The Morgan fingerprint density at radius 1 is 1.21 bits per heavy atom. The molecule has 2 amide bonds. The summed E-state index contributed by atoms with van der Waals surface area (Å²) >= 11 is 2.83. The molecule has 0 radical (unpaired) electrons. The fraction of sp³-hybridized carbons (Fsp3) is 0.320. The van der Waals surface area contributed by atoms with E-state index in [0.29, 0.717) is 22.2 Å². The highest BCUT2D eigenvalue weighted by atomic mass is 32.2. The molecule has 2 N–H and O–H groups in total. The molecule has 0 spiro atoms. The van der Waals surface area contributed by atoms with Crippen LogP contribution in [0.25, 0.3) is 0 Å². The lowest BCUT2D eigenvalue weighted by Crippen LogP contribution is -2.17. The van der Waals surface area contributed by atoms with Gasteiger partial charge >= 0.3 is 5.97 Å². The van der Waals surface area contributed by atoms with Gasteiger partial charge in [-0.15, -0.1) is 23.1 Å².